The number of pyridine rings is 1. The van der Waals surface area contributed by atoms with E-state index < -0.39 is 0 Å². The van der Waals surface area contributed by atoms with Crippen LogP contribution in [-0.4, -0.2) is 4.98 Å². The van der Waals surface area contributed by atoms with Crippen LogP contribution in [0.25, 0.3) is 0 Å². The lowest BCUT2D eigenvalue weighted by Gasteiger charge is -2.08. The molecule has 0 spiro atoms. The number of aryl methyl sites for hydroxylation is 1. The van der Waals surface area contributed by atoms with E-state index in [1.54, 1.807) is 24.4 Å². The Labute approximate surface area is 112 Å². The summed E-state index contributed by atoms with van der Waals surface area (Å²) in [5, 5.41) is 0.336. The third-order valence-corrected chi connectivity index (χ3v) is 2.99. The minimum atomic E-state index is -0.375. The summed E-state index contributed by atoms with van der Waals surface area (Å²) in [6.07, 6.45) is 1.60. The van der Waals surface area contributed by atoms with Gasteiger partial charge in [-0.2, -0.15) is 0 Å². The monoisotopic (exact) mass is 315 g/mol. The van der Waals surface area contributed by atoms with E-state index in [9.17, 15) is 4.39 Å². The smallest absolute Gasteiger partial charge is 0.141 e. The van der Waals surface area contributed by atoms with Gasteiger partial charge in [-0.05, 0) is 35.0 Å². The summed E-state index contributed by atoms with van der Waals surface area (Å²) in [4.78, 5) is 3.92. The van der Waals surface area contributed by atoms with Crippen LogP contribution in [0.2, 0.25) is 5.15 Å². The zero-order valence-corrected chi connectivity index (χ0v) is 11.2. The molecule has 1 aromatic carbocycles. The van der Waals surface area contributed by atoms with Crippen molar-refractivity contribution in [1.29, 1.82) is 0 Å². The van der Waals surface area contributed by atoms with Crippen LogP contribution in [0.3, 0.4) is 0 Å². The first-order valence-corrected chi connectivity index (χ1v) is 5.98. The molecular weight excluding hydrogens is 308 g/mol. The second kappa shape index (κ2) is 5.02. The maximum Gasteiger partial charge on any atom is 0.141 e. The van der Waals surface area contributed by atoms with Crippen LogP contribution in [0.4, 0.5) is 4.39 Å². The molecule has 0 atom stereocenters. The molecule has 0 aliphatic heterocycles. The van der Waals surface area contributed by atoms with Crippen LogP contribution in [0, 0.1) is 12.7 Å². The van der Waals surface area contributed by atoms with E-state index in [0.29, 0.717) is 21.1 Å². The number of hydrogen-bond acceptors (Lipinski definition) is 2. The molecular formula is C12H8BrClFNO. The minimum absolute atomic E-state index is 0.336. The molecule has 0 unspecified atom stereocenters. The molecule has 0 radical (unpaired) electrons. The lowest BCUT2D eigenvalue weighted by Crippen LogP contribution is -1.90. The highest BCUT2D eigenvalue weighted by molar-refractivity contribution is 9.10. The van der Waals surface area contributed by atoms with Gasteiger partial charge in [0.15, 0.2) is 0 Å². The fraction of sp³-hybridized carbons (Fsp3) is 0.0833. The van der Waals surface area contributed by atoms with Crippen LogP contribution >= 0.6 is 27.5 Å². The summed E-state index contributed by atoms with van der Waals surface area (Å²) in [6.45, 7) is 1.84. The van der Waals surface area contributed by atoms with Gasteiger partial charge < -0.3 is 4.74 Å². The van der Waals surface area contributed by atoms with E-state index in [2.05, 4.69) is 20.9 Å². The molecule has 2 rings (SSSR count). The topological polar surface area (TPSA) is 22.1 Å². The van der Waals surface area contributed by atoms with Gasteiger partial charge in [0, 0.05) is 23.9 Å². The van der Waals surface area contributed by atoms with Crippen molar-refractivity contribution in [3.63, 3.8) is 0 Å². The van der Waals surface area contributed by atoms with Crippen molar-refractivity contribution in [2.24, 2.45) is 0 Å². The standard InChI is InChI=1S/C12H8BrClFNO/c1-7-6-16-12(14)5-11(7)17-8-2-3-9(13)10(15)4-8/h2-6H,1H3. The molecule has 0 bridgehead atoms. The van der Waals surface area contributed by atoms with Crippen LogP contribution in [-0.2, 0) is 0 Å². The van der Waals surface area contributed by atoms with Gasteiger partial charge in [-0.3, -0.25) is 0 Å². The Morgan fingerprint density at radius 1 is 1.35 bits per heavy atom. The van der Waals surface area contributed by atoms with Crippen molar-refractivity contribution >= 4 is 27.5 Å². The second-order valence-electron chi connectivity index (χ2n) is 3.45. The zero-order chi connectivity index (χ0) is 12.4. The molecule has 0 amide bonds. The molecule has 5 heteroatoms. The Morgan fingerprint density at radius 2 is 2.12 bits per heavy atom. The Morgan fingerprint density at radius 3 is 2.82 bits per heavy atom. The van der Waals surface area contributed by atoms with Gasteiger partial charge in [0.25, 0.3) is 0 Å². The van der Waals surface area contributed by atoms with Crippen LogP contribution in [0.1, 0.15) is 5.56 Å². The SMILES string of the molecule is Cc1cnc(Cl)cc1Oc1ccc(Br)c(F)c1. The highest BCUT2D eigenvalue weighted by atomic mass is 79.9. The third-order valence-electron chi connectivity index (χ3n) is 2.14. The summed E-state index contributed by atoms with van der Waals surface area (Å²) in [7, 11) is 0. The lowest BCUT2D eigenvalue weighted by atomic mass is 10.3. The van der Waals surface area contributed by atoms with Crippen molar-refractivity contribution in [3.05, 3.63) is 51.5 Å². The fourth-order valence-corrected chi connectivity index (χ4v) is 1.65. The number of hydrogen-bond donors (Lipinski definition) is 0. The van der Waals surface area contributed by atoms with Gasteiger partial charge in [-0.15, -0.1) is 0 Å². The van der Waals surface area contributed by atoms with Crippen molar-refractivity contribution in [1.82, 2.24) is 4.98 Å². The largest absolute Gasteiger partial charge is 0.457 e. The third kappa shape index (κ3) is 2.96. The number of aromatic nitrogens is 1. The van der Waals surface area contributed by atoms with Crippen molar-refractivity contribution in [2.75, 3.05) is 0 Å². The molecule has 0 saturated heterocycles. The summed E-state index contributed by atoms with van der Waals surface area (Å²) in [5.74, 6) is 0.600. The van der Waals surface area contributed by atoms with Crippen molar-refractivity contribution < 1.29 is 9.13 Å². The fourth-order valence-electron chi connectivity index (χ4n) is 1.26. The maximum absolute atomic E-state index is 13.3. The predicted molar refractivity (Wildman–Crippen MR) is 68.2 cm³/mol. The summed E-state index contributed by atoms with van der Waals surface area (Å²) in [6, 6.07) is 6.15. The Kier molecular flexibility index (Phi) is 3.64. The predicted octanol–water partition coefficient (Wildman–Crippen LogP) is 4.74. The molecule has 0 N–H and O–H groups in total. The molecule has 0 aliphatic rings. The van der Waals surface area contributed by atoms with E-state index in [1.165, 1.54) is 6.07 Å². The number of nitrogens with zero attached hydrogens (tertiary/aromatic N) is 1. The van der Waals surface area contributed by atoms with Gasteiger partial charge in [0.05, 0.1) is 4.47 Å². The maximum atomic E-state index is 13.3. The highest BCUT2D eigenvalue weighted by Crippen LogP contribution is 2.28. The van der Waals surface area contributed by atoms with Crippen LogP contribution in [0.5, 0.6) is 11.5 Å². The van der Waals surface area contributed by atoms with E-state index in [0.717, 1.165) is 5.56 Å². The molecule has 1 heterocycles. The molecule has 0 saturated carbocycles. The van der Waals surface area contributed by atoms with E-state index in [4.69, 9.17) is 16.3 Å². The van der Waals surface area contributed by atoms with Crippen molar-refractivity contribution in [3.8, 4) is 11.5 Å². The first kappa shape index (κ1) is 12.3. The zero-order valence-electron chi connectivity index (χ0n) is 8.88. The normalized spacial score (nSPS) is 10.4. The van der Waals surface area contributed by atoms with E-state index >= 15 is 0 Å². The minimum Gasteiger partial charge on any atom is -0.457 e. The van der Waals surface area contributed by atoms with Gasteiger partial charge in [-0.1, -0.05) is 11.6 Å². The highest BCUT2D eigenvalue weighted by Gasteiger charge is 2.06. The molecule has 1 aromatic heterocycles. The van der Waals surface area contributed by atoms with Gasteiger partial charge in [0.2, 0.25) is 0 Å². The first-order chi connectivity index (χ1) is 8.06. The number of rotatable bonds is 2. The Hall–Kier alpha value is -1.13. The molecule has 2 aromatic rings. The summed E-state index contributed by atoms with van der Waals surface area (Å²) in [5.41, 5.74) is 0.831. The average Bonchev–Trinajstić information content (AvgIpc) is 2.29. The van der Waals surface area contributed by atoms with Crippen LogP contribution in [0.15, 0.2) is 34.9 Å². The Bertz CT molecular complexity index is 562. The average molecular weight is 317 g/mol. The van der Waals surface area contributed by atoms with Gasteiger partial charge in [0.1, 0.15) is 22.5 Å². The molecule has 88 valence electrons. The summed E-state index contributed by atoms with van der Waals surface area (Å²) >= 11 is 8.85. The quantitative estimate of drug-likeness (QED) is 0.747. The van der Waals surface area contributed by atoms with Gasteiger partial charge >= 0.3 is 0 Å². The number of benzene rings is 1. The second-order valence-corrected chi connectivity index (χ2v) is 4.69. The van der Waals surface area contributed by atoms with E-state index in [1.807, 2.05) is 6.92 Å². The van der Waals surface area contributed by atoms with Crippen molar-refractivity contribution in [2.45, 2.75) is 6.92 Å². The number of halogens is 3. The molecule has 2 nitrogen and oxygen atoms in total. The molecule has 0 fully saturated rings. The van der Waals surface area contributed by atoms with Crippen LogP contribution < -0.4 is 4.74 Å². The van der Waals surface area contributed by atoms with E-state index in [-0.39, 0.29) is 5.82 Å². The molecule has 17 heavy (non-hydrogen) atoms. The summed E-state index contributed by atoms with van der Waals surface area (Å²) < 4.78 is 19.2. The Balaban J connectivity index is 2.31. The number of ether oxygens (including phenoxy) is 1. The lowest BCUT2D eigenvalue weighted by molar-refractivity contribution is 0.472. The van der Waals surface area contributed by atoms with Gasteiger partial charge in [-0.25, -0.2) is 9.37 Å². The first-order valence-electron chi connectivity index (χ1n) is 4.81. The molecule has 0 aliphatic carbocycles.